The van der Waals surface area contributed by atoms with Crippen LogP contribution in [0.15, 0.2) is 0 Å². The minimum Gasteiger partial charge on any atom is -0.303 e. The molecule has 0 aromatic rings. The van der Waals surface area contributed by atoms with E-state index in [2.05, 4.69) is 0 Å². The molecule has 0 rings (SSSR count). The van der Waals surface area contributed by atoms with Gasteiger partial charge in [0.15, 0.2) is 0 Å². The molecule has 1 nitrogen and oxygen atoms in total. The van der Waals surface area contributed by atoms with Gasteiger partial charge in [0, 0.05) is 10.5 Å². The van der Waals surface area contributed by atoms with E-state index in [9.17, 15) is 4.79 Å². The Morgan fingerprint density at radius 3 is 2.83 bits per heavy atom. The molecule has 6 heavy (non-hydrogen) atoms. The Balaban J connectivity index is 3.71. The number of aldehydes is 1. The van der Waals surface area contributed by atoms with Crippen LogP contribution in [0.25, 0.3) is 0 Å². The third-order valence-electron chi connectivity index (χ3n) is 0.382. The molecular weight excluding hydrogens is 76.1 g/mol. The van der Waals surface area contributed by atoms with Crippen molar-refractivity contribution in [1.82, 2.24) is 0 Å². The lowest BCUT2D eigenvalue weighted by Crippen LogP contribution is -1.70. The van der Waals surface area contributed by atoms with E-state index < -0.39 is 19.2 Å². The lowest BCUT2D eigenvalue weighted by atomic mass is 10.3. The van der Waals surface area contributed by atoms with Crippen molar-refractivity contribution in [3.63, 3.8) is 0 Å². The Hall–Kier alpha value is -0.330. The molecule has 0 spiro atoms. The van der Waals surface area contributed by atoms with Crippen molar-refractivity contribution in [2.75, 3.05) is 0 Å². The van der Waals surface area contributed by atoms with Gasteiger partial charge in [-0.2, -0.15) is 0 Å². The molecule has 0 bridgehead atoms. The summed E-state index contributed by atoms with van der Waals surface area (Å²) in [5.41, 5.74) is 0. The largest absolute Gasteiger partial charge is 0.303 e. The quantitative estimate of drug-likeness (QED) is 0.477. The summed E-state index contributed by atoms with van der Waals surface area (Å²) in [5, 5.41) is 0. The molecule has 0 radical (unpaired) electrons. The highest BCUT2D eigenvalue weighted by Crippen LogP contribution is 1.87. The van der Waals surface area contributed by atoms with E-state index >= 15 is 0 Å². The van der Waals surface area contributed by atoms with Gasteiger partial charge in [0.25, 0.3) is 0 Å². The van der Waals surface area contributed by atoms with Crippen LogP contribution in [0.3, 0.4) is 0 Å². The predicted molar refractivity (Wildman–Crippen MR) is 25.6 cm³/mol. The van der Waals surface area contributed by atoms with Crippen molar-refractivity contribution >= 4 is 6.29 Å². The fourth-order valence-corrected chi connectivity index (χ4v) is 0.156. The fourth-order valence-electron chi connectivity index (χ4n) is 0.156. The first kappa shape index (κ1) is 2.10. The van der Waals surface area contributed by atoms with Gasteiger partial charge < -0.3 is 4.79 Å². The van der Waals surface area contributed by atoms with Gasteiger partial charge in [-0.3, -0.25) is 0 Å². The van der Waals surface area contributed by atoms with Crippen molar-refractivity contribution in [2.45, 2.75) is 26.1 Å². The van der Waals surface area contributed by atoms with Gasteiger partial charge in [0.05, 0.1) is 0 Å². The van der Waals surface area contributed by atoms with E-state index in [1.165, 1.54) is 6.92 Å². The van der Waals surface area contributed by atoms with Crippen LogP contribution in [0, 0.1) is 0 Å². The lowest BCUT2D eigenvalue weighted by Gasteiger charge is -1.79. The second-order valence-electron chi connectivity index (χ2n) is 0.854. The Kier molecular flexibility index (Phi) is 1.64. The maximum absolute atomic E-state index is 9.86. The number of carbonyl (C=O) groups is 1. The summed E-state index contributed by atoms with van der Waals surface area (Å²) < 4.78 is 20.9. The van der Waals surface area contributed by atoms with Gasteiger partial charge >= 0.3 is 0 Å². The van der Waals surface area contributed by atoms with Gasteiger partial charge in [-0.05, 0) is 6.40 Å². The van der Waals surface area contributed by atoms with Crippen LogP contribution in [0.2, 0.25) is 0 Å². The van der Waals surface area contributed by atoms with Crippen LogP contribution in [-0.2, 0) is 4.79 Å². The smallest absolute Gasteiger partial charge is 0.119 e. The molecule has 36 valence electrons. The predicted octanol–water partition coefficient (Wildman–Crippen LogP) is 1.38. The zero-order valence-electron chi connectivity index (χ0n) is 6.72. The average molecular weight is 89.2 g/mol. The van der Waals surface area contributed by atoms with Gasteiger partial charge in [-0.1, -0.05) is 13.3 Å². The summed E-state index contributed by atoms with van der Waals surface area (Å²) in [6, 6.07) is 0. The zero-order valence-corrected chi connectivity index (χ0v) is 3.72. The van der Waals surface area contributed by atoms with Gasteiger partial charge in [-0.25, -0.2) is 0 Å². The molecule has 0 N–H and O–H groups in total. The van der Waals surface area contributed by atoms with Crippen molar-refractivity contribution in [3.05, 3.63) is 0 Å². The average Bonchev–Trinajstić information content (AvgIpc) is 1.84. The number of carbonyl (C=O) groups excluding carboxylic acids is 1. The van der Waals surface area contributed by atoms with E-state index in [1.807, 2.05) is 0 Å². The van der Waals surface area contributed by atoms with Gasteiger partial charge in [0.1, 0.15) is 6.29 Å². The van der Waals surface area contributed by atoms with Crippen LogP contribution in [0.1, 0.15) is 30.2 Å². The van der Waals surface area contributed by atoms with Crippen molar-refractivity contribution in [3.8, 4) is 0 Å². The van der Waals surface area contributed by atoms with E-state index in [0.717, 1.165) is 0 Å². The summed E-state index contributed by atoms with van der Waals surface area (Å²) in [7, 11) is 0. The first-order valence-electron chi connectivity index (χ1n) is 3.55. The van der Waals surface area contributed by atoms with Gasteiger partial charge in [-0.15, -0.1) is 0 Å². The maximum atomic E-state index is 9.86. The lowest BCUT2D eigenvalue weighted by molar-refractivity contribution is -0.107. The van der Waals surface area contributed by atoms with Gasteiger partial charge in [0.2, 0.25) is 0 Å². The minimum absolute atomic E-state index is 0.392. The molecule has 3 atom stereocenters. The molecule has 0 aromatic carbocycles. The van der Waals surface area contributed by atoms with Crippen LogP contribution < -0.4 is 0 Å². The summed E-state index contributed by atoms with van der Waals surface area (Å²) >= 11 is 0. The molecule has 0 fully saturated rings. The van der Waals surface area contributed by atoms with Crippen LogP contribution >= 0.6 is 0 Å². The topological polar surface area (TPSA) is 17.1 Å². The standard InChI is InChI=1S/C5H10O/c1-2-3-4-5-6/h5H,2-4H2,1H3/i2D,3D,4D/t2-,3+,4+/m1/s1. The molecule has 0 amide bonds. The number of rotatable bonds is 3. The Morgan fingerprint density at radius 2 is 2.67 bits per heavy atom. The molecule has 0 saturated heterocycles. The van der Waals surface area contributed by atoms with E-state index in [1.54, 1.807) is 0 Å². The molecule has 0 heterocycles. The maximum Gasteiger partial charge on any atom is 0.119 e. The first-order chi connectivity index (χ1) is 4.09. The third-order valence-corrected chi connectivity index (χ3v) is 0.382. The number of hydrogen-bond donors (Lipinski definition) is 0. The summed E-state index contributed by atoms with van der Waals surface area (Å²) in [6.07, 6.45) is -2.22. The molecular formula is C5H10O. The highest BCUT2D eigenvalue weighted by molar-refractivity contribution is 5.48. The zero-order chi connectivity index (χ0) is 7.44. The van der Waals surface area contributed by atoms with Crippen molar-refractivity contribution in [2.24, 2.45) is 0 Å². The SMILES string of the molecule is [2H][C@@H]([C@H]([2H])C)[C@H]([2H])C=O. The van der Waals surface area contributed by atoms with Crippen molar-refractivity contribution in [1.29, 1.82) is 0 Å². The van der Waals surface area contributed by atoms with Crippen LogP contribution in [-0.4, -0.2) is 6.29 Å². The van der Waals surface area contributed by atoms with Crippen LogP contribution in [0.5, 0.6) is 0 Å². The summed E-state index contributed by atoms with van der Waals surface area (Å²) in [4.78, 5) is 9.86. The highest BCUT2D eigenvalue weighted by atomic mass is 16.1. The molecule has 1 heteroatoms. The third kappa shape index (κ3) is 3.67. The van der Waals surface area contributed by atoms with E-state index in [-0.39, 0.29) is 0 Å². The molecule has 0 aliphatic heterocycles. The Labute approximate surface area is 42.6 Å². The second-order valence-corrected chi connectivity index (χ2v) is 0.854. The summed E-state index contributed by atoms with van der Waals surface area (Å²) in [6.45, 7) is 1.50. The normalized spacial score (nSPS) is 31.2. The molecule has 0 aliphatic rings. The second kappa shape index (κ2) is 4.67. The summed E-state index contributed by atoms with van der Waals surface area (Å²) in [5.74, 6) is 0. The first-order valence-corrected chi connectivity index (χ1v) is 1.81. The fraction of sp³-hybridized carbons (Fsp3) is 0.800. The monoisotopic (exact) mass is 89.1 g/mol. The molecule has 0 unspecified atom stereocenters. The molecule has 0 saturated carbocycles. The highest BCUT2D eigenvalue weighted by Gasteiger charge is 1.74. The van der Waals surface area contributed by atoms with Crippen LogP contribution in [0.4, 0.5) is 0 Å². The Morgan fingerprint density at radius 1 is 2.00 bits per heavy atom. The van der Waals surface area contributed by atoms with E-state index in [0.29, 0.717) is 6.29 Å². The Bertz CT molecular complexity index is 94.2. The minimum atomic E-state index is -1.06. The molecule has 0 aliphatic carbocycles. The van der Waals surface area contributed by atoms with E-state index in [4.69, 9.17) is 4.11 Å². The number of hydrogen-bond acceptors (Lipinski definition) is 1. The molecule has 0 aromatic heterocycles. The van der Waals surface area contributed by atoms with Crippen molar-refractivity contribution < 1.29 is 8.91 Å².